The van der Waals surface area contributed by atoms with Gasteiger partial charge in [-0.2, -0.15) is 0 Å². The van der Waals surface area contributed by atoms with Crippen LogP contribution in [-0.2, 0) is 11.2 Å². The molecule has 1 aromatic heterocycles. The average Bonchev–Trinajstić information content (AvgIpc) is 2.63. The van der Waals surface area contributed by atoms with Crippen molar-refractivity contribution in [1.82, 2.24) is 14.9 Å². The zero-order chi connectivity index (χ0) is 17.6. The number of anilines is 2. The topological polar surface area (TPSA) is 70.6 Å². The average molecular weight is 341 g/mol. The second-order valence-corrected chi connectivity index (χ2v) is 6.10. The molecule has 7 heteroatoms. The van der Waals surface area contributed by atoms with Gasteiger partial charge in [0.2, 0.25) is 11.9 Å². The van der Waals surface area contributed by atoms with E-state index in [0.717, 1.165) is 31.7 Å². The molecule has 2 aromatic rings. The van der Waals surface area contributed by atoms with Crippen molar-refractivity contribution in [3.8, 4) is 5.75 Å². The number of rotatable bonds is 5. The van der Waals surface area contributed by atoms with Crippen LogP contribution in [0.4, 0.5) is 11.6 Å². The predicted octanol–water partition coefficient (Wildman–Crippen LogP) is 1.42. The Morgan fingerprint density at radius 2 is 1.84 bits per heavy atom. The van der Waals surface area contributed by atoms with Crippen LogP contribution in [0.25, 0.3) is 0 Å². The molecule has 1 aromatic carbocycles. The van der Waals surface area contributed by atoms with Gasteiger partial charge in [-0.1, -0.05) is 18.2 Å². The summed E-state index contributed by atoms with van der Waals surface area (Å²) in [5, 5.41) is 2.83. The van der Waals surface area contributed by atoms with Gasteiger partial charge in [0.15, 0.2) is 0 Å². The summed E-state index contributed by atoms with van der Waals surface area (Å²) in [6.45, 7) is 3.83. The molecule has 7 nitrogen and oxygen atoms in total. The molecule has 0 unspecified atom stereocenters. The molecule has 1 aliphatic rings. The highest BCUT2D eigenvalue weighted by Crippen LogP contribution is 2.18. The van der Waals surface area contributed by atoms with Crippen LogP contribution in [0.3, 0.4) is 0 Å². The second kappa shape index (κ2) is 7.94. The smallest absolute Gasteiger partial charge is 0.229 e. The van der Waals surface area contributed by atoms with E-state index in [1.165, 1.54) is 0 Å². The fourth-order valence-corrected chi connectivity index (χ4v) is 2.78. The number of carbonyl (C=O) groups excluding carboxylic acids is 1. The molecule has 3 rings (SSSR count). The van der Waals surface area contributed by atoms with E-state index in [9.17, 15) is 4.79 Å². The Balaban J connectivity index is 1.58. The lowest BCUT2D eigenvalue weighted by Gasteiger charge is -2.32. The number of aromatic nitrogens is 2. The number of para-hydroxylation sites is 1. The quantitative estimate of drug-likeness (QED) is 0.887. The summed E-state index contributed by atoms with van der Waals surface area (Å²) in [5.41, 5.74) is 1.44. The summed E-state index contributed by atoms with van der Waals surface area (Å²) in [4.78, 5) is 25.4. The molecule has 0 atom stereocenters. The lowest BCUT2D eigenvalue weighted by atomic mass is 10.1. The zero-order valence-corrected chi connectivity index (χ0v) is 14.6. The number of carbonyl (C=O) groups is 1. The van der Waals surface area contributed by atoms with Gasteiger partial charge in [0.25, 0.3) is 0 Å². The molecule has 0 radical (unpaired) electrons. The van der Waals surface area contributed by atoms with Gasteiger partial charge in [0, 0.05) is 31.7 Å². The van der Waals surface area contributed by atoms with Gasteiger partial charge in [-0.05, 0) is 13.1 Å². The lowest BCUT2D eigenvalue weighted by Crippen LogP contribution is -2.45. The largest absolute Gasteiger partial charge is 0.496 e. The molecule has 132 valence electrons. The third-order valence-corrected chi connectivity index (χ3v) is 4.25. The molecule has 0 saturated carbocycles. The molecule has 0 spiro atoms. The van der Waals surface area contributed by atoms with Crippen molar-refractivity contribution in [2.45, 2.75) is 6.42 Å². The number of piperazine rings is 1. The Bertz CT molecular complexity index is 712. The number of benzene rings is 1. The molecule has 25 heavy (non-hydrogen) atoms. The van der Waals surface area contributed by atoms with Crippen molar-refractivity contribution < 1.29 is 9.53 Å². The van der Waals surface area contributed by atoms with E-state index in [1.54, 1.807) is 19.5 Å². The Morgan fingerprint density at radius 3 is 2.52 bits per heavy atom. The molecule has 0 aliphatic carbocycles. The normalized spacial score (nSPS) is 15.0. The Kier molecular flexibility index (Phi) is 5.45. The zero-order valence-electron chi connectivity index (χ0n) is 14.6. The maximum atomic E-state index is 12.2. The van der Waals surface area contributed by atoms with Crippen molar-refractivity contribution in [3.63, 3.8) is 0 Å². The first-order chi connectivity index (χ1) is 12.2. The number of ether oxygens (including phenoxy) is 1. The van der Waals surface area contributed by atoms with Crippen LogP contribution in [0.1, 0.15) is 5.56 Å². The molecule has 1 aliphatic heterocycles. The van der Waals surface area contributed by atoms with Crippen molar-refractivity contribution in [1.29, 1.82) is 0 Å². The van der Waals surface area contributed by atoms with E-state index in [4.69, 9.17) is 4.74 Å². The predicted molar refractivity (Wildman–Crippen MR) is 97.1 cm³/mol. The monoisotopic (exact) mass is 341 g/mol. The summed E-state index contributed by atoms with van der Waals surface area (Å²) >= 11 is 0. The van der Waals surface area contributed by atoms with E-state index >= 15 is 0 Å². The fraction of sp³-hybridized carbons (Fsp3) is 0.389. The molecule has 2 heterocycles. The summed E-state index contributed by atoms with van der Waals surface area (Å²) in [5.74, 6) is 1.29. The highest BCUT2D eigenvalue weighted by atomic mass is 16.5. The minimum absolute atomic E-state index is 0.125. The number of hydrogen-bond acceptors (Lipinski definition) is 6. The van der Waals surface area contributed by atoms with Crippen molar-refractivity contribution in [3.05, 3.63) is 42.2 Å². The van der Waals surface area contributed by atoms with Crippen LogP contribution in [-0.4, -0.2) is 61.1 Å². The number of hydrogen-bond donors (Lipinski definition) is 1. The van der Waals surface area contributed by atoms with Crippen LogP contribution in [0.5, 0.6) is 5.75 Å². The van der Waals surface area contributed by atoms with Gasteiger partial charge >= 0.3 is 0 Å². The Labute approximate surface area is 147 Å². The first kappa shape index (κ1) is 17.2. The van der Waals surface area contributed by atoms with Gasteiger partial charge in [0.1, 0.15) is 5.75 Å². The molecular formula is C18H23N5O2. The van der Waals surface area contributed by atoms with Crippen LogP contribution in [0.15, 0.2) is 36.7 Å². The second-order valence-electron chi connectivity index (χ2n) is 6.10. The SMILES string of the molecule is COc1ccccc1CC(=O)Nc1cnc(N2CCN(C)CC2)nc1. The highest BCUT2D eigenvalue weighted by molar-refractivity contribution is 5.92. The van der Waals surface area contributed by atoms with Crippen molar-refractivity contribution >= 4 is 17.5 Å². The molecule has 1 N–H and O–H groups in total. The highest BCUT2D eigenvalue weighted by Gasteiger charge is 2.16. The Morgan fingerprint density at radius 1 is 1.16 bits per heavy atom. The lowest BCUT2D eigenvalue weighted by molar-refractivity contribution is -0.115. The number of likely N-dealkylation sites (N-methyl/N-ethyl adjacent to an activating group) is 1. The van der Waals surface area contributed by atoms with E-state index in [0.29, 0.717) is 17.4 Å². The summed E-state index contributed by atoms with van der Waals surface area (Å²) < 4.78 is 5.27. The van der Waals surface area contributed by atoms with E-state index < -0.39 is 0 Å². The minimum atomic E-state index is -0.125. The van der Waals surface area contributed by atoms with Crippen molar-refractivity contribution in [2.75, 3.05) is 50.6 Å². The fourth-order valence-electron chi connectivity index (χ4n) is 2.78. The minimum Gasteiger partial charge on any atom is -0.496 e. The molecule has 1 saturated heterocycles. The molecule has 0 bridgehead atoms. The summed E-state index contributed by atoms with van der Waals surface area (Å²) in [6.07, 6.45) is 3.55. The van der Waals surface area contributed by atoms with Gasteiger partial charge in [-0.25, -0.2) is 9.97 Å². The molecule has 1 fully saturated rings. The van der Waals surface area contributed by atoms with Gasteiger partial charge in [0.05, 0.1) is 31.6 Å². The number of amides is 1. The van der Waals surface area contributed by atoms with Crippen molar-refractivity contribution in [2.24, 2.45) is 0 Å². The molecule has 1 amide bonds. The third kappa shape index (κ3) is 4.45. The maximum absolute atomic E-state index is 12.2. The first-order valence-electron chi connectivity index (χ1n) is 8.33. The van der Waals surface area contributed by atoms with Crippen LogP contribution < -0.4 is 15.0 Å². The van der Waals surface area contributed by atoms with Crippen LogP contribution in [0.2, 0.25) is 0 Å². The van der Waals surface area contributed by atoms with Gasteiger partial charge in [-0.15, -0.1) is 0 Å². The number of methoxy groups -OCH3 is 1. The van der Waals surface area contributed by atoms with Gasteiger partial charge < -0.3 is 19.9 Å². The summed E-state index contributed by atoms with van der Waals surface area (Å²) in [6, 6.07) is 7.49. The van der Waals surface area contributed by atoms with Gasteiger partial charge in [-0.3, -0.25) is 4.79 Å². The standard InChI is InChI=1S/C18H23N5O2/c1-22-7-9-23(10-8-22)18-19-12-15(13-20-18)21-17(24)11-14-5-3-4-6-16(14)25-2/h3-6,12-13H,7-11H2,1-2H3,(H,21,24). The van der Waals surface area contributed by atoms with E-state index in [-0.39, 0.29) is 12.3 Å². The maximum Gasteiger partial charge on any atom is 0.229 e. The van der Waals surface area contributed by atoms with E-state index in [1.807, 2.05) is 24.3 Å². The van der Waals surface area contributed by atoms with E-state index in [2.05, 4.69) is 32.1 Å². The van der Waals surface area contributed by atoms with Crippen LogP contribution >= 0.6 is 0 Å². The molecular weight excluding hydrogens is 318 g/mol. The third-order valence-electron chi connectivity index (χ3n) is 4.25. The Hall–Kier alpha value is -2.67. The number of nitrogens with one attached hydrogen (secondary N) is 1. The number of nitrogens with zero attached hydrogens (tertiary/aromatic N) is 4. The first-order valence-corrected chi connectivity index (χ1v) is 8.33. The summed E-state index contributed by atoms with van der Waals surface area (Å²) in [7, 11) is 3.71. The van der Waals surface area contributed by atoms with Crippen LogP contribution in [0, 0.1) is 0 Å².